The van der Waals surface area contributed by atoms with Gasteiger partial charge in [0, 0.05) is 17.1 Å². The van der Waals surface area contributed by atoms with Crippen LogP contribution >= 0.6 is 0 Å². The Bertz CT molecular complexity index is 911. The maximum Gasteiger partial charge on any atom is 0.162 e. The van der Waals surface area contributed by atoms with Gasteiger partial charge in [-0.3, -0.25) is 4.98 Å². The van der Waals surface area contributed by atoms with Crippen LogP contribution in [0.1, 0.15) is 17.7 Å². The van der Waals surface area contributed by atoms with Crippen LogP contribution in [-0.4, -0.2) is 29.2 Å². The van der Waals surface area contributed by atoms with Gasteiger partial charge >= 0.3 is 0 Å². The molecule has 2 heterocycles. The van der Waals surface area contributed by atoms with Crippen LogP contribution in [0.2, 0.25) is 0 Å². The number of fused-ring (bicyclic) bond motifs is 2. The number of benzene rings is 1. The number of aryl methyl sites for hydroxylation is 2. The highest BCUT2D eigenvalue weighted by molar-refractivity contribution is 5.93. The van der Waals surface area contributed by atoms with E-state index in [-0.39, 0.29) is 0 Å². The molecule has 6 nitrogen and oxygen atoms in total. The molecule has 3 aromatic rings. The molecule has 0 atom stereocenters. The number of anilines is 2. The molecule has 0 radical (unpaired) electrons. The zero-order chi connectivity index (χ0) is 16.5. The second-order valence-electron chi connectivity index (χ2n) is 5.75. The summed E-state index contributed by atoms with van der Waals surface area (Å²) in [6.45, 7) is 0. The molecule has 122 valence electrons. The number of ether oxygens (including phenoxy) is 2. The molecule has 0 saturated carbocycles. The number of hydrogen-bond acceptors (Lipinski definition) is 6. The van der Waals surface area contributed by atoms with Gasteiger partial charge < -0.3 is 14.8 Å². The van der Waals surface area contributed by atoms with E-state index in [1.165, 1.54) is 24.0 Å². The Kier molecular flexibility index (Phi) is 3.65. The quantitative estimate of drug-likeness (QED) is 0.795. The topological polar surface area (TPSA) is 69.2 Å². The van der Waals surface area contributed by atoms with Crippen LogP contribution in [0, 0.1) is 0 Å². The van der Waals surface area contributed by atoms with E-state index in [0.717, 1.165) is 35.2 Å². The van der Waals surface area contributed by atoms with Crippen molar-refractivity contribution in [3.8, 4) is 11.5 Å². The summed E-state index contributed by atoms with van der Waals surface area (Å²) in [6.07, 6.45) is 6.74. The van der Waals surface area contributed by atoms with Crippen LogP contribution in [0.3, 0.4) is 0 Å². The Balaban J connectivity index is 1.76. The number of aromatic nitrogens is 3. The Morgan fingerprint density at radius 2 is 1.79 bits per heavy atom. The molecule has 1 N–H and O–H groups in total. The molecular weight excluding hydrogens is 304 g/mol. The van der Waals surface area contributed by atoms with Gasteiger partial charge in [-0.15, -0.1) is 0 Å². The molecule has 0 fully saturated rings. The predicted octanol–water partition coefficient (Wildman–Crippen LogP) is 3.27. The molecule has 4 rings (SSSR count). The number of nitrogens with one attached hydrogen (secondary N) is 1. The molecule has 6 heteroatoms. The van der Waals surface area contributed by atoms with Gasteiger partial charge in [-0.05, 0) is 37.0 Å². The molecule has 24 heavy (non-hydrogen) atoms. The molecule has 0 bridgehead atoms. The molecule has 2 aromatic heterocycles. The van der Waals surface area contributed by atoms with Crippen LogP contribution in [0.5, 0.6) is 11.5 Å². The lowest BCUT2D eigenvalue weighted by atomic mass is 10.2. The van der Waals surface area contributed by atoms with Gasteiger partial charge in [-0.1, -0.05) is 0 Å². The van der Waals surface area contributed by atoms with E-state index in [0.29, 0.717) is 11.5 Å². The van der Waals surface area contributed by atoms with Crippen molar-refractivity contribution in [2.24, 2.45) is 0 Å². The highest BCUT2D eigenvalue weighted by Gasteiger charge is 2.14. The highest BCUT2D eigenvalue weighted by Crippen LogP contribution is 2.34. The maximum absolute atomic E-state index is 5.39. The normalized spacial score (nSPS) is 12.9. The van der Waals surface area contributed by atoms with Crippen LogP contribution in [0.15, 0.2) is 30.7 Å². The minimum Gasteiger partial charge on any atom is -0.493 e. The van der Waals surface area contributed by atoms with Gasteiger partial charge in [-0.25, -0.2) is 9.97 Å². The van der Waals surface area contributed by atoms with Crippen LogP contribution in [0.25, 0.3) is 10.9 Å². The molecule has 0 aliphatic heterocycles. The Labute approximate surface area is 139 Å². The van der Waals surface area contributed by atoms with E-state index in [2.05, 4.69) is 26.3 Å². The van der Waals surface area contributed by atoms with Crippen molar-refractivity contribution >= 4 is 22.4 Å². The minimum absolute atomic E-state index is 0.647. The summed E-state index contributed by atoms with van der Waals surface area (Å²) in [5.41, 5.74) is 4.25. The number of hydrogen-bond donors (Lipinski definition) is 1. The van der Waals surface area contributed by atoms with Gasteiger partial charge in [0.2, 0.25) is 0 Å². The largest absolute Gasteiger partial charge is 0.493 e. The number of nitrogens with zero attached hydrogens (tertiary/aromatic N) is 3. The molecule has 1 aliphatic rings. The lowest BCUT2D eigenvalue weighted by Gasteiger charge is -2.12. The number of methoxy groups -OCH3 is 2. The standard InChI is InChI=1S/C18H18N4O2/c1-23-16-7-13-15(8-17(16)24-2)20-10-21-18(13)22-12-6-11-4-3-5-14(11)19-9-12/h6-10H,3-5H2,1-2H3,(H,20,21,22). The van der Waals surface area contributed by atoms with Crippen LogP contribution < -0.4 is 14.8 Å². The summed E-state index contributed by atoms with van der Waals surface area (Å²) in [5, 5.41) is 4.23. The van der Waals surface area contributed by atoms with Crippen molar-refractivity contribution in [1.29, 1.82) is 0 Å². The highest BCUT2D eigenvalue weighted by atomic mass is 16.5. The summed E-state index contributed by atoms with van der Waals surface area (Å²) in [6, 6.07) is 5.89. The van der Waals surface area contributed by atoms with E-state index >= 15 is 0 Å². The summed E-state index contributed by atoms with van der Waals surface area (Å²) in [5.74, 6) is 2.02. The maximum atomic E-state index is 5.39. The first kappa shape index (κ1) is 14.7. The third kappa shape index (κ3) is 2.50. The van der Waals surface area contributed by atoms with Crippen molar-refractivity contribution in [3.63, 3.8) is 0 Å². The van der Waals surface area contributed by atoms with Gasteiger partial charge in [0.25, 0.3) is 0 Å². The zero-order valence-electron chi connectivity index (χ0n) is 13.7. The monoisotopic (exact) mass is 322 g/mol. The smallest absolute Gasteiger partial charge is 0.162 e. The molecule has 0 amide bonds. The van der Waals surface area contributed by atoms with Crippen molar-refractivity contribution in [2.45, 2.75) is 19.3 Å². The van der Waals surface area contributed by atoms with E-state index < -0.39 is 0 Å². The van der Waals surface area contributed by atoms with E-state index in [4.69, 9.17) is 9.47 Å². The second-order valence-corrected chi connectivity index (χ2v) is 5.75. The van der Waals surface area contributed by atoms with Gasteiger partial charge in [-0.2, -0.15) is 0 Å². The number of rotatable bonds is 4. The molecule has 0 unspecified atom stereocenters. The zero-order valence-corrected chi connectivity index (χ0v) is 13.7. The minimum atomic E-state index is 0.647. The average Bonchev–Trinajstić information content (AvgIpc) is 3.08. The first-order chi connectivity index (χ1) is 11.8. The van der Waals surface area contributed by atoms with Crippen molar-refractivity contribution in [3.05, 3.63) is 42.0 Å². The fraction of sp³-hybridized carbons (Fsp3) is 0.278. The summed E-state index contributed by atoms with van der Waals surface area (Å²) in [7, 11) is 3.23. The molecule has 1 aliphatic carbocycles. The van der Waals surface area contributed by atoms with Crippen molar-refractivity contribution in [2.75, 3.05) is 19.5 Å². The van der Waals surface area contributed by atoms with Gasteiger partial charge in [0.05, 0.1) is 31.6 Å². The van der Waals surface area contributed by atoms with Crippen molar-refractivity contribution in [1.82, 2.24) is 15.0 Å². The molecule has 1 aromatic carbocycles. The second kappa shape index (κ2) is 5.96. The third-order valence-electron chi connectivity index (χ3n) is 4.32. The number of pyridine rings is 1. The Morgan fingerprint density at radius 3 is 2.62 bits per heavy atom. The first-order valence-electron chi connectivity index (χ1n) is 7.90. The van der Waals surface area contributed by atoms with Crippen LogP contribution in [0.4, 0.5) is 11.5 Å². The third-order valence-corrected chi connectivity index (χ3v) is 4.32. The van der Waals surface area contributed by atoms with Crippen LogP contribution in [-0.2, 0) is 12.8 Å². The van der Waals surface area contributed by atoms with Gasteiger partial charge in [0.1, 0.15) is 12.1 Å². The van der Waals surface area contributed by atoms with E-state index in [1.807, 2.05) is 18.3 Å². The van der Waals surface area contributed by atoms with Gasteiger partial charge in [0.15, 0.2) is 11.5 Å². The first-order valence-corrected chi connectivity index (χ1v) is 7.90. The summed E-state index contributed by atoms with van der Waals surface area (Å²) in [4.78, 5) is 13.2. The molecular formula is C18H18N4O2. The fourth-order valence-corrected chi connectivity index (χ4v) is 3.11. The predicted molar refractivity (Wildman–Crippen MR) is 92.2 cm³/mol. The molecule has 0 spiro atoms. The Morgan fingerprint density at radius 1 is 0.958 bits per heavy atom. The molecule has 0 saturated heterocycles. The Hall–Kier alpha value is -2.89. The lowest BCUT2D eigenvalue weighted by Crippen LogP contribution is -1.99. The SMILES string of the molecule is COc1cc2ncnc(Nc3cnc4c(c3)CCC4)c2cc1OC. The summed E-state index contributed by atoms with van der Waals surface area (Å²) >= 11 is 0. The average molecular weight is 322 g/mol. The van der Waals surface area contributed by atoms with Crippen molar-refractivity contribution < 1.29 is 9.47 Å². The van der Waals surface area contributed by atoms with E-state index in [1.54, 1.807) is 14.2 Å². The lowest BCUT2D eigenvalue weighted by molar-refractivity contribution is 0.356. The summed E-state index contributed by atoms with van der Waals surface area (Å²) < 4.78 is 10.7. The fourth-order valence-electron chi connectivity index (χ4n) is 3.11. The van der Waals surface area contributed by atoms with E-state index in [9.17, 15) is 0 Å².